The van der Waals surface area contributed by atoms with Crippen molar-refractivity contribution in [1.29, 1.82) is 0 Å². The molecule has 0 aromatic heterocycles. The molecule has 0 saturated carbocycles. The first-order chi connectivity index (χ1) is 10.8. The minimum absolute atomic E-state index is 0.584. The molecule has 0 spiro atoms. The van der Waals surface area contributed by atoms with Gasteiger partial charge < -0.3 is 9.64 Å². The van der Waals surface area contributed by atoms with Crippen molar-refractivity contribution in [2.45, 2.75) is 40.5 Å². The van der Waals surface area contributed by atoms with Gasteiger partial charge in [-0.2, -0.15) is 0 Å². The largest absolute Gasteiger partial charge is 0.501 e. The second-order valence-corrected chi connectivity index (χ2v) is 6.70. The van der Waals surface area contributed by atoms with Crippen LogP contribution in [0.25, 0.3) is 0 Å². The average Bonchev–Trinajstić information content (AvgIpc) is 2.52. The molecular formula is C21H33NO. The fraction of sp³-hybridized carbons (Fsp3) is 0.524. The van der Waals surface area contributed by atoms with Gasteiger partial charge in [0.25, 0.3) is 0 Å². The van der Waals surface area contributed by atoms with Crippen LogP contribution in [-0.4, -0.2) is 32.1 Å². The lowest BCUT2D eigenvalue weighted by molar-refractivity contribution is 0.230. The Kier molecular flexibility index (Phi) is 7.57. The van der Waals surface area contributed by atoms with E-state index in [9.17, 15) is 0 Å². The summed E-state index contributed by atoms with van der Waals surface area (Å²) in [5.41, 5.74) is 5.84. The van der Waals surface area contributed by atoms with Gasteiger partial charge in [0.15, 0.2) is 0 Å². The summed E-state index contributed by atoms with van der Waals surface area (Å²) in [7, 11) is 3.89. The smallest absolute Gasteiger partial charge is 0.102 e. The molecule has 128 valence electrons. The minimum Gasteiger partial charge on any atom is -0.501 e. The number of allylic oxidation sites excluding steroid dienone is 5. The van der Waals surface area contributed by atoms with Crippen LogP contribution in [0, 0.1) is 5.92 Å². The predicted octanol–water partition coefficient (Wildman–Crippen LogP) is 5.27. The molecule has 0 aromatic rings. The molecule has 0 radical (unpaired) electrons. The third-order valence-electron chi connectivity index (χ3n) is 4.71. The van der Waals surface area contributed by atoms with Gasteiger partial charge in [0.1, 0.15) is 5.76 Å². The second kappa shape index (κ2) is 8.93. The van der Waals surface area contributed by atoms with Crippen LogP contribution in [0.4, 0.5) is 0 Å². The summed E-state index contributed by atoms with van der Waals surface area (Å²) < 4.78 is 5.58. The standard InChI is InChI=1S/C21H33NO/c1-9-16(4)17(5)12-19(15(2)3)13-18(6)20-14-22(7)11-10-21(20)23-8/h12-13,16H,2,6,9-11,14H2,1,3-5,7-8H3/b17-12-,19-13+. The summed E-state index contributed by atoms with van der Waals surface area (Å²) in [6.45, 7) is 19.1. The van der Waals surface area contributed by atoms with E-state index in [4.69, 9.17) is 4.74 Å². The summed E-state index contributed by atoms with van der Waals surface area (Å²) in [6, 6.07) is 0. The molecular weight excluding hydrogens is 282 g/mol. The third kappa shape index (κ3) is 5.54. The van der Waals surface area contributed by atoms with Crippen LogP contribution in [0.2, 0.25) is 0 Å². The van der Waals surface area contributed by atoms with E-state index in [1.54, 1.807) is 7.11 Å². The fourth-order valence-corrected chi connectivity index (χ4v) is 2.66. The lowest BCUT2D eigenvalue weighted by Crippen LogP contribution is -2.28. The molecule has 0 fully saturated rings. The van der Waals surface area contributed by atoms with Crippen molar-refractivity contribution in [2.24, 2.45) is 5.92 Å². The van der Waals surface area contributed by atoms with Gasteiger partial charge in [-0.3, -0.25) is 0 Å². The molecule has 2 nitrogen and oxygen atoms in total. The van der Waals surface area contributed by atoms with Crippen LogP contribution >= 0.6 is 0 Å². The maximum absolute atomic E-state index is 5.58. The van der Waals surface area contributed by atoms with E-state index < -0.39 is 0 Å². The number of rotatable bonds is 7. The summed E-state index contributed by atoms with van der Waals surface area (Å²) >= 11 is 0. The van der Waals surface area contributed by atoms with Crippen molar-refractivity contribution < 1.29 is 4.74 Å². The zero-order valence-electron chi connectivity index (χ0n) is 15.8. The molecule has 1 aliphatic rings. The highest BCUT2D eigenvalue weighted by atomic mass is 16.5. The number of hydrogen-bond donors (Lipinski definition) is 0. The summed E-state index contributed by atoms with van der Waals surface area (Å²) in [5.74, 6) is 1.65. The molecule has 1 rings (SSSR count). The monoisotopic (exact) mass is 315 g/mol. The highest BCUT2D eigenvalue weighted by Crippen LogP contribution is 2.26. The van der Waals surface area contributed by atoms with Gasteiger partial charge in [0, 0.05) is 25.1 Å². The van der Waals surface area contributed by atoms with E-state index in [1.807, 2.05) is 0 Å². The van der Waals surface area contributed by atoms with Gasteiger partial charge in [0.05, 0.1) is 7.11 Å². The molecule has 2 heteroatoms. The summed E-state index contributed by atoms with van der Waals surface area (Å²) in [6.07, 6.45) is 6.50. The van der Waals surface area contributed by atoms with Gasteiger partial charge >= 0.3 is 0 Å². The zero-order chi connectivity index (χ0) is 17.6. The second-order valence-electron chi connectivity index (χ2n) is 6.70. The maximum Gasteiger partial charge on any atom is 0.102 e. The first-order valence-electron chi connectivity index (χ1n) is 8.49. The number of ether oxygens (including phenoxy) is 1. The minimum atomic E-state index is 0.584. The molecule has 23 heavy (non-hydrogen) atoms. The fourth-order valence-electron chi connectivity index (χ4n) is 2.66. The Balaban J connectivity index is 3.14. The molecule has 1 heterocycles. The third-order valence-corrected chi connectivity index (χ3v) is 4.71. The van der Waals surface area contributed by atoms with Crippen molar-refractivity contribution in [3.05, 3.63) is 58.9 Å². The van der Waals surface area contributed by atoms with E-state index in [2.05, 4.69) is 65.0 Å². The summed E-state index contributed by atoms with van der Waals surface area (Å²) in [5, 5.41) is 0. The van der Waals surface area contributed by atoms with Crippen LogP contribution in [-0.2, 0) is 4.74 Å². The molecule has 0 aromatic carbocycles. The van der Waals surface area contributed by atoms with E-state index in [1.165, 1.54) is 11.1 Å². The average molecular weight is 316 g/mol. The van der Waals surface area contributed by atoms with Crippen molar-refractivity contribution in [2.75, 3.05) is 27.2 Å². The number of likely N-dealkylation sites (N-methyl/N-ethyl adjacent to an activating group) is 1. The van der Waals surface area contributed by atoms with Crippen LogP contribution < -0.4 is 0 Å². The van der Waals surface area contributed by atoms with Gasteiger partial charge in [-0.05, 0) is 50.5 Å². The highest BCUT2D eigenvalue weighted by Gasteiger charge is 2.18. The van der Waals surface area contributed by atoms with Crippen molar-refractivity contribution >= 4 is 0 Å². The van der Waals surface area contributed by atoms with E-state index >= 15 is 0 Å². The normalized spacial score (nSPS) is 18.9. The van der Waals surface area contributed by atoms with E-state index in [-0.39, 0.29) is 0 Å². The molecule has 0 aliphatic carbocycles. The zero-order valence-corrected chi connectivity index (χ0v) is 15.8. The molecule has 1 atom stereocenters. The lowest BCUT2D eigenvalue weighted by Gasteiger charge is -2.27. The van der Waals surface area contributed by atoms with Crippen molar-refractivity contribution in [1.82, 2.24) is 4.90 Å². The van der Waals surface area contributed by atoms with Gasteiger partial charge in [-0.1, -0.05) is 44.2 Å². The number of hydrogen-bond acceptors (Lipinski definition) is 2. The first-order valence-corrected chi connectivity index (χ1v) is 8.49. The molecule has 0 N–H and O–H groups in total. The van der Waals surface area contributed by atoms with Crippen LogP contribution in [0.1, 0.15) is 40.5 Å². The van der Waals surface area contributed by atoms with Gasteiger partial charge in [-0.15, -0.1) is 0 Å². The van der Waals surface area contributed by atoms with Crippen LogP contribution in [0.15, 0.2) is 58.9 Å². The Bertz CT molecular complexity index is 548. The Morgan fingerprint density at radius 1 is 1.30 bits per heavy atom. The maximum atomic E-state index is 5.58. The predicted molar refractivity (Wildman–Crippen MR) is 101 cm³/mol. The summed E-state index contributed by atoms with van der Waals surface area (Å²) in [4.78, 5) is 2.30. The van der Waals surface area contributed by atoms with Gasteiger partial charge in [-0.25, -0.2) is 0 Å². The molecule has 0 amide bonds. The van der Waals surface area contributed by atoms with Crippen LogP contribution in [0.3, 0.4) is 0 Å². The van der Waals surface area contributed by atoms with Crippen molar-refractivity contribution in [3.8, 4) is 0 Å². The number of nitrogens with zero attached hydrogens (tertiary/aromatic N) is 1. The Morgan fingerprint density at radius 3 is 2.48 bits per heavy atom. The Morgan fingerprint density at radius 2 is 1.96 bits per heavy atom. The first kappa shape index (κ1) is 19.5. The lowest BCUT2D eigenvalue weighted by atomic mass is 9.93. The molecule has 1 aliphatic heterocycles. The van der Waals surface area contributed by atoms with E-state index in [0.29, 0.717) is 5.92 Å². The van der Waals surface area contributed by atoms with Crippen molar-refractivity contribution in [3.63, 3.8) is 0 Å². The highest BCUT2D eigenvalue weighted by molar-refractivity contribution is 5.50. The van der Waals surface area contributed by atoms with Crippen LogP contribution in [0.5, 0.6) is 0 Å². The molecule has 1 unspecified atom stereocenters. The molecule has 0 saturated heterocycles. The Hall–Kier alpha value is -1.54. The quantitative estimate of drug-likeness (QED) is 0.593. The molecule has 0 bridgehead atoms. The van der Waals surface area contributed by atoms with Gasteiger partial charge in [0.2, 0.25) is 0 Å². The SMILES string of the molecule is C=C(/C=C(\C=C(\C)C(C)CC)C(=C)C)C1=C(OC)CCN(C)C1. The number of methoxy groups -OCH3 is 1. The van der Waals surface area contributed by atoms with E-state index in [0.717, 1.165) is 48.4 Å². The topological polar surface area (TPSA) is 12.5 Å². The Labute approximate surface area is 142 Å².